The van der Waals surface area contributed by atoms with E-state index in [0.29, 0.717) is 34.0 Å². The van der Waals surface area contributed by atoms with Gasteiger partial charge in [0.25, 0.3) is 21.8 Å². The number of anilines is 3. The van der Waals surface area contributed by atoms with Gasteiger partial charge in [-0.05, 0) is 82.2 Å². The molecule has 0 saturated heterocycles. The van der Waals surface area contributed by atoms with Crippen LogP contribution in [0, 0.1) is 61.6 Å². The van der Waals surface area contributed by atoms with Crippen molar-refractivity contribution in [2.45, 2.75) is 53.4 Å². The molecule has 4 N–H and O–H groups in total. The van der Waals surface area contributed by atoms with Gasteiger partial charge in [-0.3, -0.25) is 4.79 Å². The van der Waals surface area contributed by atoms with Gasteiger partial charge in [-0.1, -0.05) is 40.0 Å². The fraction of sp³-hybridized carbons (Fsp3) is 0.241. The lowest BCUT2D eigenvalue weighted by molar-refractivity contribution is 0.102. The van der Waals surface area contributed by atoms with Gasteiger partial charge in [0.1, 0.15) is 20.5 Å². The zero-order chi connectivity index (χ0) is 31.5. The minimum atomic E-state index is -4.17. The second-order valence-corrected chi connectivity index (χ2v) is 12.5. The Hall–Kier alpha value is -4.36. The average molecular weight is 625 g/mol. The number of sulfonamides is 1. The van der Waals surface area contributed by atoms with Crippen LogP contribution in [0.4, 0.5) is 28.6 Å². The van der Waals surface area contributed by atoms with Crippen LogP contribution in [0.5, 0.6) is 0 Å². The van der Waals surface area contributed by atoms with E-state index in [1.54, 1.807) is 20.8 Å². The molecule has 2 aromatic carbocycles. The fourth-order valence-corrected chi connectivity index (χ4v) is 6.53. The van der Waals surface area contributed by atoms with Crippen molar-refractivity contribution in [1.29, 1.82) is 0 Å². The second-order valence-electron chi connectivity index (χ2n) is 9.56. The highest BCUT2D eigenvalue weighted by Gasteiger charge is 2.27. The first-order chi connectivity index (χ1) is 19.6. The molecule has 0 spiro atoms. The summed E-state index contributed by atoms with van der Waals surface area (Å²) in [6.45, 7) is 27.3. The summed E-state index contributed by atoms with van der Waals surface area (Å²) < 4.78 is 32.7. The number of halogens is 1. The minimum absolute atomic E-state index is 0.0345. The van der Waals surface area contributed by atoms with Gasteiger partial charge in [-0.15, -0.1) is 11.3 Å². The second kappa shape index (κ2) is 12.7. The van der Waals surface area contributed by atoms with Crippen LogP contribution in [-0.4, -0.2) is 19.5 Å². The van der Waals surface area contributed by atoms with E-state index in [2.05, 4.69) is 24.9 Å². The molecule has 2 heterocycles. The fourth-order valence-electron chi connectivity index (χ4n) is 4.04. The van der Waals surface area contributed by atoms with Crippen LogP contribution >= 0.6 is 22.9 Å². The van der Waals surface area contributed by atoms with E-state index >= 15 is 0 Å². The molecule has 0 aliphatic heterocycles. The SMILES string of the molecule is [C-]#[N+]c1c(C)c(C)cc(C)c1N.[C-]#[N+]c1c(C)c(C)cc(C)c1NC(=O)c1sccc1S(=O)(=O)Nc1onc(C)c1Cl. The normalized spacial score (nSPS) is 10.7. The smallest absolute Gasteiger partial charge is 0.266 e. The van der Waals surface area contributed by atoms with Gasteiger partial charge in [-0.2, -0.15) is 0 Å². The maximum Gasteiger partial charge on any atom is 0.266 e. The number of nitrogens with two attached hydrogens (primary N) is 1. The monoisotopic (exact) mass is 624 g/mol. The summed E-state index contributed by atoms with van der Waals surface area (Å²) in [4.78, 5) is 19.6. The molecule has 0 bridgehead atoms. The van der Waals surface area contributed by atoms with Crippen LogP contribution in [-0.2, 0) is 10.0 Å². The van der Waals surface area contributed by atoms with Gasteiger partial charge in [-0.25, -0.2) is 22.8 Å². The minimum Gasteiger partial charge on any atom is -0.407 e. The van der Waals surface area contributed by atoms with Gasteiger partial charge in [0, 0.05) is 11.4 Å². The predicted molar refractivity (Wildman–Crippen MR) is 168 cm³/mol. The number of aryl methyl sites for hydroxylation is 5. The maximum atomic E-state index is 12.9. The number of rotatable bonds is 5. The van der Waals surface area contributed by atoms with Crippen molar-refractivity contribution >= 4 is 67.5 Å². The number of nitrogens with one attached hydrogen (secondary N) is 2. The predicted octanol–water partition coefficient (Wildman–Crippen LogP) is 7.97. The number of carbonyl (C=O) groups is 1. The quantitative estimate of drug-likeness (QED) is 0.152. The first kappa shape index (κ1) is 32.2. The Morgan fingerprint density at radius 2 is 1.55 bits per heavy atom. The Morgan fingerprint density at radius 1 is 0.976 bits per heavy atom. The van der Waals surface area contributed by atoms with E-state index in [1.165, 1.54) is 11.4 Å². The zero-order valence-electron chi connectivity index (χ0n) is 24.1. The average Bonchev–Trinajstić information content (AvgIpc) is 3.55. The Kier molecular flexibility index (Phi) is 9.69. The maximum absolute atomic E-state index is 12.9. The van der Waals surface area contributed by atoms with Gasteiger partial charge in [0.2, 0.25) is 11.4 Å². The molecule has 4 aromatic rings. The molecule has 1 amide bonds. The van der Waals surface area contributed by atoms with Crippen LogP contribution in [0.15, 0.2) is 33.0 Å². The Balaban J connectivity index is 0.000000337. The van der Waals surface area contributed by atoms with Crippen molar-refractivity contribution in [3.8, 4) is 0 Å². The molecule has 0 aliphatic carbocycles. The summed E-state index contributed by atoms with van der Waals surface area (Å²) in [5.41, 5.74) is 13.5. The van der Waals surface area contributed by atoms with Gasteiger partial charge >= 0.3 is 0 Å². The standard InChI is InChI=1S/C19H17ClN4O4S2.C10H12N2/c1-9-8-10(2)15(16(21-5)11(9)3)22-18(25)17-13(6-7-29-17)30(26,27)24-19-14(20)12(4)23-28-19;1-6-5-7(2)9(11)10(12-4)8(6)3/h6-8,24H,1-4H3,(H,22,25);5H,11H2,1-3H3. The van der Waals surface area contributed by atoms with Crippen LogP contribution < -0.4 is 15.8 Å². The van der Waals surface area contributed by atoms with Gasteiger partial charge in [0.15, 0.2) is 0 Å². The molecule has 42 heavy (non-hydrogen) atoms. The summed E-state index contributed by atoms with van der Waals surface area (Å²) in [6, 6.07) is 5.18. The number of hydrogen-bond donors (Lipinski definition) is 3. The van der Waals surface area contributed by atoms with Crippen molar-refractivity contribution in [2.75, 3.05) is 15.8 Å². The van der Waals surface area contributed by atoms with Gasteiger partial charge < -0.3 is 15.6 Å². The lowest BCUT2D eigenvalue weighted by Crippen LogP contribution is -2.19. The molecule has 13 heteroatoms. The molecule has 4 rings (SSSR count). The third-order valence-electron chi connectivity index (χ3n) is 6.68. The van der Waals surface area contributed by atoms with Gasteiger partial charge in [0.05, 0.1) is 13.1 Å². The molecule has 0 aliphatic rings. The number of thiophene rings is 1. The van der Waals surface area contributed by atoms with Crippen molar-refractivity contribution in [1.82, 2.24) is 5.16 Å². The third kappa shape index (κ3) is 6.42. The molecule has 0 fully saturated rings. The lowest BCUT2D eigenvalue weighted by Gasteiger charge is -2.14. The Bertz CT molecular complexity index is 1870. The molecule has 0 radical (unpaired) electrons. The Labute approximate surface area is 254 Å². The van der Waals surface area contributed by atoms with Crippen molar-refractivity contribution in [2.24, 2.45) is 0 Å². The summed E-state index contributed by atoms with van der Waals surface area (Å²) >= 11 is 6.94. The van der Waals surface area contributed by atoms with E-state index in [1.807, 2.05) is 39.8 Å². The highest BCUT2D eigenvalue weighted by molar-refractivity contribution is 7.93. The first-order valence-corrected chi connectivity index (χ1v) is 15.1. The molecule has 2 aromatic heterocycles. The van der Waals surface area contributed by atoms with E-state index in [4.69, 9.17) is 35.0 Å². The first-order valence-electron chi connectivity index (χ1n) is 12.4. The summed E-state index contributed by atoms with van der Waals surface area (Å²) in [6.07, 6.45) is 0. The van der Waals surface area contributed by atoms with E-state index in [0.717, 1.165) is 39.2 Å². The lowest BCUT2D eigenvalue weighted by atomic mass is 10.0. The number of nitrogens with zero attached hydrogens (tertiary/aromatic N) is 3. The van der Waals surface area contributed by atoms with Crippen molar-refractivity contribution in [3.63, 3.8) is 0 Å². The Morgan fingerprint density at radius 3 is 2.10 bits per heavy atom. The third-order valence-corrected chi connectivity index (χ3v) is 9.54. The zero-order valence-corrected chi connectivity index (χ0v) is 26.4. The highest BCUT2D eigenvalue weighted by atomic mass is 35.5. The molecule has 10 nitrogen and oxygen atoms in total. The number of hydrogen-bond acceptors (Lipinski definition) is 7. The van der Waals surface area contributed by atoms with E-state index in [-0.39, 0.29) is 20.7 Å². The summed E-state index contributed by atoms with van der Waals surface area (Å²) in [5.74, 6) is -0.867. The van der Waals surface area contributed by atoms with Crippen molar-refractivity contribution < 1.29 is 17.7 Å². The number of aromatic nitrogens is 1. The number of amides is 1. The molecule has 0 saturated carbocycles. The molecule has 0 unspecified atom stereocenters. The number of carbonyl (C=O) groups excluding carboxylic acids is 1. The molecule has 0 atom stereocenters. The van der Waals surface area contributed by atoms with E-state index < -0.39 is 15.9 Å². The number of benzene rings is 2. The van der Waals surface area contributed by atoms with Crippen LogP contribution in [0.2, 0.25) is 5.02 Å². The topological polar surface area (TPSA) is 136 Å². The van der Waals surface area contributed by atoms with Crippen LogP contribution in [0.1, 0.15) is 48.7 Å². The largest absolute Gasteiger partial charge is 0.407 e. The highest BCUT2D eigenvalue weighted by Crippen LogP contribution is 2.36. The summed E-state index contributed by atoms with van der Waals surface area (Å²) in [7, 11) is -4.17. The van der Waals surface area contributed by atoms with E-state index in [9.17, 15) is 13.2 Å². The van der Waals surface area contributed by atoms with Crippen molar-refractivity contribution in [3.05, 3.63) is 95.4 Å². The molecular weight excluding hydrogens is 596 g/mol. The summed E-state index contributed by atoms with van der Waals surface area (Å²) in [5, 5.41) is 7.82. The molecule has 218 valence electrons. The molecular formula is C29H29ClN6O4S2. The van der Waals surface area contributed by atoms with Crippen LogP contribution in [0.25, 0.3) is 9.69 Å². The number of nitrogen functional groups attached to an aromatic ring is 1. The van der Waals surface area contributed by atoms with Crippen LogP contribution in [0.3, 0.4) is 0 Å².